The van der Waals surface area contributed by atoms with Gasteiger partial charge in [-0.15, -0.1) is 0 Å². The molecule has 0 aromatic heterocycles. The molecular formula is C10H18N2O3. The summed E-state index contributed by atoms with van der Waals surface area (Å²) in [5.74, 6) is -1.42. The number of carbonyl (C=O) groups is 2. The molecule has 1 fully saturated rings. The van der Waals surface area contributed by atoms with Crippen molar-refractivity contribution in [3.8, 4) is 0 Å². The molecule has 86 valence electrons. The highest BCUT2D eigenvalue weighted by atomic mass is 16.4. The van der Waals surface area contributed by atoms with Gasteiger partial charge in [-0.2, -0.15) is 0 Å². The van der Waals surface area contributed by atoms with Gasteiger partial charge in [0.1, 0.15) is 0 Å². The number of rotatable bonds is 5. The Hall–Kier alpha value is -1.26. The summed E-state index contributed by atoms with van der Waals surface area (Å²) >= 11 is 0. The maximum atomic E-state index is 11.6. The fourth-order valence-electron chi connectivity index (χ4n) is 1.38. The second-order valence-electron chi connectivity index (χ2n) is 3.94. The minimum absolute atomic E-state index is 0.145. The van der Waals surface area contributed by atoms with Gasteiger partial charge >= 0.3 is 12.0 Å². The third-order valence-corrected chi connectivity index (χ3v) is 2.57. The molecule has 0 spiro atoms. The van der Waals surface area contributed by atoms with E-state index in [0.717, 1.165) is 12.8 Å². The topological polar surface area (TPSA) is 69.6 Å². The summed E-state index contributed by atoms with van der Waals surface area (Å²) in [4.78, 5) is 23.9. The van der Waals surface area contributed by atoms with Crippen LogP contribution >= 0.6 is 0 Å². The molecule has 0 aromatic carbocycles. The Balaban J connectivity index is 2.30. The Bertz CT molecular complexity index is 251. The number of nitrogens with zero attached hydrogens (tertiary/aromatic N) is 1. The average molecular weight is 214 g/mol. The zero-order valence-corrected chi connectivity index (χ0v) is 9.19. The quantitative estimate of drug-likeness (QED) is 0.714. The van der Waals surface area contributed by atoms with Gasteiger partial charge in [-0.05, 0) is 19.8 Å². The van der Waals surface area contributed by atoms with Crippen molar-refractivity contribution in [3.05, 3.63) is 0 Å². The number of carbonyl (C=O) groups excluding carboxylic acids is 1. The van der Waals surface area contributed by atoms with E-state index in [4.69, 9.17) is 5.11 Å². The van der Waals surface area contributed by atoms with Gasteiger partial charge in [0.2, 0.25) is 0 Å². The minimum atomic E-state index is -0.884. The Morgan fingerprint density at radius 1 is 1.53 bits per heavy atom. The molecule has 5 heteroatoms. The van der Waals surface area contributed by atoms with Gasteiger partial charge < -0.3 is 15.3 Å². The number of carboxylic acids is 1. The SMILES string of the molecule is CCN(C(=O)NCC(C)C(=O)O)C1CC1. The predicted octanol–water partition coefficient (Wildman–Crippen LogP) is 0.901. The van der Waals surface area contributed by atoms with Crippen LogP contribution in [0.1, 0.15) is 26.7 Å². The van der Waals surface area contributed by atoms with Crippen LogP contribution < -0.4 is 5.32 Å². The highest BCUT2D eigenvalue weighted by molar-refractivity contribution is 5.76. The molecule has 0 aliphatic heterocycles. The van der Waals surface area contributed by atoms with Gasteiger partial charge in [0, 0.05) is 19.1 Å². The fraction of sp³-hybridized carbons (Fsp3) is 0.800. The summed E-state index contributed by atoms with van der Waals surface area (Å²) in [6.45, 7) is 4.38. The molecule has 0 saturated heterocycles. The number of hydrogen-bond acceptors (Lipinski definition) is 2. The van der Waals surface area contributed by atoms with E-state index in [1.165, 1.54) is 0 Å². The highest BCUT2D eigenvalue weighted by Gasteiger charge is 2.31. The molecule has 5 nitrogen and oxygen atoms in total. The van der Waals surface area contributed by atoms with Crippen molar-refractivity contribution < 1.29 is 14.7 Å². The first kappa shape index (κ1) is 11.8. The number of urea groups is 1. The normalized spacial score (nSPS) is 16.9. The van der Waals surface area contributed by atoms with Crippen LogP contribution in [0.25, 0.3) is 0 Å². The predicted molar refractivity (Wildman–Crippen MR) is 55.6 cm³/mol. The van der Waals surface area contributed by atoms with Gasteiger partial charge in [-0.1, -0.05) is 6.92 Å². The smallest absolute Gasteiger partial charge is 0.317 e. The lowest BCUT2D eigenvalue weighted by Gasteiger charge is -2.21. The van der Waals surface area contributed by atoms with E-state index in [-0.39, 0.29) is 12.6 Å². The van der Waals surface area contributed by atoms with Crippen molar-refractivity contribution in [2.75, 3.05) is 13.1 Å². The molecule has 1 aliphatic carbocycles. The van der Waals surface area contributed by atoms with Crippen LogP contribution in [0.15, 0.2) is 0 Å². The number of amides is 2. The van der Waals surface area contributed by atoms with E-state index in [0.29, 0.717) is 12.6 Å². The standard InChI is InChI=1S/C10H18N2O3/c1-3-12(8-4-5-8)10(15)11-6-7(2)9(13)14/h7-8H,3-6H2,1-2H3,(H,11,15)(H,13,14). The van der Waals surface area contributed by atoms with Gasteiger partial charge in [-0.3, -0.25) is 4.79 Å². The molecule has 1 aliphatic rings. The zero-order chi connectivity index (χ0) is 11.4. The summed E-state index contributed by atoms with van der Waals surface area (Å²) < 4.78 is 0. The minimum Gasteiger partial charge on any atom is -0.481 e. The van der Waals surface area contributed by atoms with Gasteiger partial charge in [0.15, 0.2) is 0 Å². The molecule has 0 radical (unpaired) electrons. The van der Waals surface area contributed by atoms with E-state index < -0.39 is 11.9 Å². The third kappa shape index (κ3) is 3.42. The van der Waals surface area contributed by atoms with E-state index in [1.807, 2.05) is 6.92 Å². The Morgan fingerprint density at radius 3 is 2.53 bits per heavy atom. The average Bonchev–Trinajstić information content (AvgIpc) is 2.99. The van der Waals surface area contributed by atoms with E-state index in [9.17, 15) is 9.59 Å². The molecule has 1 atom stereocenters. The van der Waals surface area contributed by atoms with Crippen molar-refractivity contribution in [2.24, 2.45) is 5.92 Å². The summed E-state index contributed by atoms with van der Waals surface area (Å²) in [6, 6.07) is 0.225. The largest absolute Gasteiger partial charge is 0.481 e. The van der Waals surface area contributed by atoms with Crippen LogP contribution in [-0.2, 0) is 4.79 Å². The van der Waals surface area contributed by atoms with Crippen molar-refractivity contribution in [2.45, 2.75) is 32.7 Å². The molecular weight excluding hydrogens is 196 g/mol. The van der Waals surface area contributed by atoms with Crippen LogP contribution in [0.4, 0.5) is 4.79 Å². The molecule has 15 heavy (non-hydrogen) atoms. The summed E-state index contributed by atoms with van der Waals surface area (Å²) in [5.41, 5.74) is 0. The van der Waals surface area contributed by atoms with Gasteiger partial charge in [-0.25, -0.2) is 4.79 Å². The van der Waals surface area contributed by atoms with Crippen molar-refractivity contribution in [3.63, 3.8) is 0 Å². The zero-order valence-electron chi connectivity index (χ0n) is 9.19. The van der Waals surface area contributed by atoms with E-state index in [2.05, 4.69) is 5.32 Å². The highest BCUT2D eigenvalue weighted by Crippen LogP contribution is 2.26. The van der Waals surface area contributed by atoms with Crippen molar-refractivity contribution in [1.82, 2.24) is 10.2 Å². The molecule has 0 aromatic rings. The summed E-state index contributed by atoms with van der Waals surface area (Å²) in [7, 11) is 0. The third-order valence-electron chi connectivity index (χ3n) is 2.57. The van der Waals surface area contributed by atoms with Crippen LogP contribution in [0, 0.1) is 5.92 Å². The maximum absolute atomic E-state index is 11.6. The van der Waals surface area contributed by atoms with Crippen LogP contribution in [0.2, 0.25) is 0 Å². The lowest BCUT2D eigenvalue weighted by molar-refractivity contribution is -0.140. The monoisotopic (exact) mass is 214 g/mol. The van der Waals surface area contributed by atoms with Crippen molar-refractivity contribution >= 4 is 12.0 Å². The second-order valence-corrected chi connectivity index (χ2v) is 3.94. The first-order valence-corrected chi connectivity index (χ1v) is 5.33. The van der Waals surface area contributed by atoms with E-state index in [1.54, 1.807) is 11.8 Å². The van der Waals surface area contributed by atoms with Crippen LogP contribution in [0.5, 0.6) is 0 Å². The molecule has 1 unspecified atom stereocenters. The van der Waals surface area contributed by atoms with Gasteiger partial charge in [0.05, 0.1) is 5.92 Å². The number of nitrogens with one attached hydrogen (secondary N) is 1. The molecule has 0 bridgehead atoms. The van der Waals surface area contributed by atoms with E-state index >= 15 is 0 Å². The Kier molecular flexibility index (Phi) is 3.94. The molecule has 1 rings (SSSR count). The Labute approximate surface area is 89.4 Å². The lowest BCUT2D eigenvalue weighted by Crippen LogP contribution is -2.43. The lowest BCUT2D eigenvalue weighted by atomic mass is 10.2. The Morgan fingerprint density at radius 2 is 2.13 bits per heavy atom. The molecule has 1 saturated carbocycles. The van der Waals surface area contributed by atoms with Crippen LogP contribution in [0.3, 0.4) is 0 Å². The molecule has 2 N–H and O–H groups in total. The second kappa shape index (κ2) is 5.00. The van der Waals surface area contributed by atoms with Crippen LogP contribution in [-0.4, -0.2) is 41.1 Å². The number of aliphatic carboxylic acids is 1. The first-order chi connectivity index (χ1) is 7.06. The maximum Gasteiger partial charge on any atom is 0.317 e. The van der Waals surface area contributed by atoms with Gasteiger partial charge in [0.25, 0.3) is 0 Å². The fourth-order valence-corrected chi connectivity index (χ4v) is 1.38. The van der Waals surface area contributed by atoms with Crippen molar-refractivity contribution in [1.29, 1.82) is 0 Å². The number of hydrogen-bond donors (Lipinski definition) is 2. The molecule has 2 amide bonds. The summed E-state index contributed by atoms with van der Waals surface area (Å²) in [5, 5.41) is 11.3. The molecule has 0 heterocycles. The first-order valence-electron chi connectivity index (χ1n) is 5.33. The number of carboxylic acid groups (broad SMARTS) is 1. The summed E-state index contributed by atoms with van der Waals surface area (Å²) in [6.07, 6.45) is 2.13.